The molecule has 0 fully saturated rings. The molecule has 0 radical (unpaired) electrons. The molecule has 1 unspecified atom stereocenters. The minimum atomic E-state index is -1.02. The van der Waals surface area contributed by atoms with Gasteiger partial charge in [-0.15, -0.1) is 5.10 Å². The Hall–Kier alpha value is -1.43. The number of hydrogen-bond acceptors (Lipinski definition) is 4. The lowest BCUT2D eigenvalue weighted by Crippen LogP contribution is -2.32. The van der Waals surface area contributed by atoms with Crippen LogP contribution in [-0.4, -0.2) is 32.1 Å². The SMILES string of the molecule is CCCC(C)(C)n1cc(CC(N)C(=O)O)nn1. The normalized spacial score (nSPS) is 13.6. The van der Waals surface area contributed by atoms with Crippen molar-refractivity contribution in [1.82, 2.24) is 15.0 Å². The highest BCUT2D eigenvalue weighted by Gasteiger charge is 2.22. The first-order valence-corrected chi connectivity index (χ1v) is 5.77. The lowest BCUT2D eigenvalue weighted by molar-refractivity contribution is -0.138. The first-order valence-electron chi connectivity index (χ1n) is 5.77. The molecule has 0 aliphatic heterocycles. The standard InChI is InChI=1S/C11H20N4O2/c1-4-5-11(2,3)15-7-8(13-14-15)6-9(12)10(16)17/h7,9H,4-6,12H2,1-3H3,(H,16,17). The summed E-state index contributed by atoms with van der Waals surface area (Å²) in [5.41, 5.74) is 5.96. The van der Waals surface area contributed by atoms with Crippen LogP contribution in [-0.2, 0) is 16.8 Å². The lowest BCUT2D eigenvalue weighted by atomic mass is 9.99. The number of carboxylic acids is 1. The van der Waals surface area contributed by atoms with Gasteiger partial charge in [0.15, 0.2) is 0 Å². The highest BCUT2D eigenvalue weighted by atomic mass is 16.4. The van der Waals surface area contributed by atoms with Crippen LogP contribution in [0.3, 0.4) is 0 Å². The summed E-state index contributed by atoms with van der Waals surface area (Å²) >= 11 is 0. The lowest BCUT2D eigenvalue weighted by Gasteiger charge is -2.23. The van der Waals surface area contributed by atoms with Crippen LogP contribution in [0.5, 0.6) is 0 Å². The summed E-state index contributed by atoms with van der Waals surface area (Å²) in [7, 11) is 0. The second-order valence-electron chi connectivity index (χ2n) is 4.87. The second-order valence-corrected chi connectivity index (χ2v) is 4.87. The molecule has 0 aliphatic rings. The van der Waals surface area contributed by atoms with Crippen molar-refractivity contribution in [2.75, 3.05) is 0 Å². The van der Waals surface area contributed by atoms with Crippen molar-refractivity contribution in [3.63, 3.8) is 0 Å². The molecule has 1 rings (SSSR count). The van der Waals surface area contributed by atoms with E-state index in [4.69, 9.17) is 10.8 Å². The molecule has 0 saturated carbocycles. The van der Waals surface area contributed by atoms with E-state index < -0.39 is 12.0 Å². The molecular weight excluding hydrogens is 220 g/mol. The van der Waals surface area contributed by atoms with Crippen LogP contribution in [0.4, 0.5) is 0 Å². The van der Waals surface area contributed by atoms with Gasteiger partial charge < -0.3 is 10.8 Å². The van der Waals surface area contributed by atoms with Gasteiger partial charge in [-0.3, -0.25) is 4.79 Å². The molecule has 96 valence electrons. The van der Waals surface area contributed by atoms with Gasteiger partial charge in [0.1, 0.15) is 6.04 Å². The Labute approximate surface area is 101 Å². The van der Waals surface area contributed by atoms with Gasteiger partial charge in [-0.1, -0.05) is 18.6 Å². The van der Waals surface area contributed by atoms with Crippen LogP contribution in [0.1, 0.15) is 39.3 Å². The summed E-state index contributed by atoms with van der Waals surface area (Å²) in [5.74, 6) is -1.02. The zero-order valence-corrected chi connectivity index (χ0v) is 10.6. The van der Waals surface area contributed by atoms with Crippen LogP contribution >= 0.6 is 0 Å². The van der Waals surface area contributed by atoms with Gasteiger partial charge >= 0.3 is 5.97 Å². The molecule has 1 aromatic rings. The number of nitrogens with two attached hydrogens (primary N) is 1. The average Bonchev–Trinajstić information content (AvgIpc) is 2.66. The van der Waals surface area contributed by atoms with E-state index >= 15 is 0 Å². The first-order chi connectivity index (χ1) is 7.86. The van der Waals surface area contributed by atoms with Crippen LogP contribution in [0, 0.1) is 0 Å². The third-order valence-corrected chi connectivity index (χ3v) is 2.77. The Kier molecular flexibility index (Phi) is 4.22. The number of aromatic nitrogens is 3. The molecule has 6 nitrogen and oxygen atoms in total. The van der Waals surface area contributed by atoms with Gasteiger partial charge in [0.05, 0.1) is 11.2 Å². The van der Waals surface area contributed by atoms with Crippen molar-refractivity contribution in [2.24, 2.45) is 5.73 Å². The maximum Gasteiger partial charge on any atom is 0.320 e. The van der Waals surface area contributed by atoms with E-state index in [1.165, 1.54) is 0 Å². The van der Waals surface area contributed by atoms with Crippen LogP contribution in [0.2, 0.25) is 0 Å². The van der Waals surface area contributed by atoms with Gasteiger partial charge in [-0.25, -0.2) is 4.68 Å². The monoisotopic (exact) mass is 240 g/mol. The fourth-order valence-corrected chi connectivity index (χ4v) is 1.73. The van der Waals surface area contributed by atoms with Crippen molar-refractivity contribution >= 4 is 5.97 Å². The van der Waals surface area contributed by atoms with E-state index in [1.807, 2.05) is 0 Å². The maximum absolute atomic E-state index is 10.6. The van der Waals surface area contributed by atoms with Gasteiger partial charge in [0, 0.05) is 12.6 Å². The average molecular weight is 240 g/mol. The van der Waals surface area contributed by atoms with E-state index in [-0.39, 0.29) is 12.0 Å². The van der Waals surface area contributed by atoms with Crippen molar-refractivity contribution in [3.05, 3.63) is 11.9 Å². The largest absolute Gasteiger partial charge is 0.480 e. The topological polar surface area (TPSA) is 94.0 Å². The second kappa shape index (κ2) is 5.27. The number of rotatable bonds is 6. The Morgan fingerprint density at radius 1 is 1.65 bits per heavy atom. The molecule has 17 heavy (non-hydrogen) atoms. The fourth-order valence-electron chi connectivity index (χ4n) is 1.73. The quantitative estimate of drug-likeness (QED) is 0.765. The third-order valence-electron chi connectivity index (χ3n) is 2.77. The summed E-state index contributed by atoms with van der Waals surface area (Å²) in [6.45, 7) is 6.26. The van der Waals surface area contributed by atoms with Crippen molar-refractivity contribution < 1.29 is 9.90 Å². The molecular formula is C11H20N4O2. The fraction of sp³-hybridized carbons (Fsp3) is 0.727. The van der Waals surface area contributed by atoms with E-state index in [1.54, 1.807) is 10.9 Å². The first kappa shape index (κ1) is 13.6. The maximum atomic E-state index is 10.6. The Morgan fingerprint density at radius 3 is 2.82 bits per heavy atom. The van der Waals surface area contributed by atoms with Crippen LogP contribution < -0.4 is 5.73 Å². The summed E-state index contributed by atoms with van der Waals surface area (Å²) in [6.07, 6.45) is 4.02. The minimum absolute atomic E-state index is 0.104. The molecule has 1 aromatic heterocycles. The number of nitrogens with zero attached hydrogens (tertiary/aromatic N) is 3. The zero-order valence-electron chi connectivity index (χ0n) is 10.6. The third kappa shape index (κ3) is 3.52. The number of hydrogen-bond donors (Lipinski definition) is 2. The molecule has 0 saturated heterocycles. The van der Waals surface area contributed by atoms with E-state index in [0.717, 1.165) is 12.8 Å². The molecule has 1 atom stereocenters. The molecule has 3 N–H and O–H groups in total. The molecule has 6 heteroatoms. The van der Waals surface area contributed by atoms with Crippen LogP contribution in [0.25, 0.3) is 0 Å². The van der Waals surface area contributed by atoms with Gasteiger partial charge in [-0.05, 0) is 20.3 Å². The Bertz CT molecular complexity index is 387. The predicted octanol–water partition coefficient (Wildman–Crippen LogP) is 0.768. The summed E-state index contributed by atoms with van der Waals surface area (Å²) in [4.78, 5) is 10.6. The summed E-state index contributed by atoms with van der Waals surface area (Å²) < 4.78 is 1.78. The number of aliphatic carboxylic acids is 1. The number of carboxylic acid groups (broad SMARTS) is 1. The minimum Gasteiger partial charge on any atom is -0.480 e. The van der Waals surface area contributed by atoms with Crippen molar-refractivity contribution in [3.8, 4) is 0 Å². The highest BCUT2D eigenvalue weighted by Crippen LogP contribution is 2.20. The number of carbonyl (C=O) groups is 1. The van der Waals surface area contributed by atoms with E-state index in [0.29, 0.717) is 5.69 Å². The summed E-state index contributed by atoms with van der Waals surface area (Å²) in [5, 5.41) is 16.7. The molecule has 0 spiro atoms. The molecule has 1 heterocycles. The highest BCUT2D eigenvalue weighted by molar-refractivity contribution is 5.73. The van der Waals surface area contributed by atoms with E-state index in [9.17, 15) is 4.79 Å². The Balaban J connectivity index is 2.74. The predicted molar refractivity (Wildman–Crippen MR) is 63.6 cm³/mol. The summed E-state index contributed by atoms with van der Waals surface area (Å²) in [6, 6.07) is -0.922. The zero-order chi connectivity index (χ0) is 13.1. The molecule has 0 amide bonds. The van der Waals surface area contributed by atoms with E-state index in [2.05, 4.69) is 31.1 Å². The van der Waals surface area contributed by atoms with Gasteiger partial charge in [0.25, 0.3) is 0 Å². The Morgan fingerprint density at radius 2 is 2.29 bits per heavy atom. The molecule has 0 aliphatic carbocycles. The smallest absolute Gasteiger partial charge is 0.320 e. The van der Waals surface area contributed by atoms with Crippen molar-refractivity contribution in [2.45, 2.75) is 51.6 Å². The van der Waals surface area contributed by atoms with Gasteiger partial charge in [-0.2, -0.15) is 0 Å². The van der Waals surface area contributed by atoms with Crippen molar-refractivity contribution in [1.29, 1.82) is 0 Å². The molecule has 0 bridgehead atoms. The molecule has 0 aromatic carbocycles. The van der Waals surface area contributed by atoms with Crippen LogP contribution in [0.15, 0.2) is 6.20 Å². The van der Waals surface area contributed by atoms with Gasteiger partial charge in [0.2, 0.25) is 0 Å².